The summed E-state index contributed by atoms with van der Waals surface area (Å²) in [7, 11) is -3.59. The number of hydrogen-bond donors (Lipinski definition) is 3. The maximum absolute atomic E-state index is 12.5. The number of hydrogen-bond acceptors (Lipinski definition) is 7. The summed E-state index contributed by atoms with van der Waals surface area (Å²) < 4.78 is 40.5. The average molecular weight is 539 g/mol. The number of likely N-dealkylation sites (tertiary alicyclic amines) is 1. The monoisotopic (exact) mass is 538 g/mol. The van der Waals surface area contributed by atoms with E-state index in [1.54, 1.807) is 30.3 Å². The number of nitrogens with one attached hydrogen (secondary N) is 1. The van der Waals surface area contributed by atoms with Gasteiger partial charge in [-0.05, 0) is 35.2 Å². The van der Waals surface area contributed by atoms with Crippen molar-refractivity contribution >= 4 is 10.0 Å². The zero-order chi connectivity index (χ0) is 26.5. The molecular weight excluding hydrogens is 504 g/mol. The predicted octanol–water partition coefficient (Wildman–Crippen LogP) is 3.27. The second-order valence-electron chi connectivity index (χ2n) is 9.93. The molecule has 38 heavy (non-hydrogen) atoms. The Morgan fingerprint density at radius 2 is 1.58 bits per heavy atom. The fourth-order valence-corrected chi connectivity index (χ4v) is 5.99. The first-order chi connectivity index (χ1) is 18.4. The van der Waals surface area contributed by atoms with Gasteiger partial charge in [0.15, 0.2) is 6.29 Å². The lowest BCUT2D eigenvalue weighted by atomic mass is 9.99. The molecule has 8 nitrogen and oxygen atoms in total. The molecule has 0 bridgehead atoms. The highest BCUT2D eigenvalue weighted by molar-refractivity contribution is 7.89. The zero-order valence-corrected chi connectivity index (χ0v) is 22.0. The first-order valence-corrected chi connectivity index (χ1v) is 14.4. The van der Waals surface area contributed by atoms with E-state index in [1.165, 1.54) is 0 Å². The van der Waals surface area contributed by atoms with E-state index in [1.807, 2.05) is 48.5 Å². The minimum atomic E-state index is -3.59. The number of β-amino-alcohol motifs (C(OH)–C–C–N with tert-alkyl or cyclic N) is 1. The second-order valence-corrected chi connectivity index (χ2v) is 11.7. The summed E-state index contributed by atoms with van der Waals surface area (Å²) in [5.41, 5.74) is 3.54. The van der Waals surface area contributed by atoms with Gasteiger partial charge in [-0.2, -0.15) is 0 Å². The minimum absolute atomic E-state index is 0.00862. The highest BCUT2D eigenvalue weighted by atomic mass is 32.2. The largest absolute Gasteiger partial charge is 0.392 e. The molecule has 0 amide bonds. The fourth-order valence-electron chi connectivity index (χ4n) is 4.95. The third kappa shape index (κ3) is 6.68. The van der Waals surface area contributed by atoms with Gasteiger partial charge in [-0.1, -0.05) is 66.7 Å². The lowest BCUT2D eigenvalue weighted by Gasteiger charge is -2.37. The van der Waals surface area contributed by atoms with Crippen LogP contribution in [0.3, 0.4) is 0 Å². The van der Waals surface area contributed by atoms with Gasteiger partial charge in [0, 0.05) is 38.2 Å². The van der Waals surface area contributed by atoms with Crippen LogP contribution < -0.4 is 4.72 Å². The van der Waals surface area contributed by atoms with Gasteiger partial charge in [-0.25, -0.2) is 13.1 Å². The van der Waals surface area contributed by atoms with Crippen LogP contribution in [0.25, 0.3) is 0 Å². The molecule has 3 aromatic rings. The van der Waals surface area contributed by atoms with Crippen molar-refractivity contribution in [3.63, 3.8) is 0 Å². The molecule has 0 saturated carbocycles. The van der Waals surface area contributed by atoms with Crippen molar-refractivity contribution in [2.24, 2.45) is 0 Å². The van der Waals surface area contributed by atoms with Crippen LogP contribution in [-0.2, 0) is 32.6 Å². The Morgan fingerprint density at radius 3 is 2.24 bits per heavy atom. The molecule has 0 aromatic heterocycles. The second kappa shape index (κ2) is 12.0. The van der Waals surface area contributed by atoms with Crippen LogP contribution in [0.1, 0.15) is 47.5 Å². The van der Waals surface area contributed by atoms with Gasteiger partial charge in [-0.15, -0.1) is 0 Å². The number of nitrogens with zero attached hydrogens (tertiary/aromatic N) is 1. The van der Waals surface area contributed by atoms with E-state index in [2.05, 4.69) is 9.62 Å². The van der Waals surface area contributed by atoms with Crippen molar-refractivity contribution in [2.75, 3.05) is 19.6 Å². The summed E-state index contributed by atoms with van der Waals surface area (Å²) in [6.07, 6.45) is 0.309. The number of benzene rings is 3. The van der Waals surface area contributed by atoms with Gasteiger partial charge in [-0.3, -0.25) is 4.90 Å². The first-order valence-electron chi connectivity index (χ1n) is 12.9. The van der Waals surface area contributed by atoms with Crippen molar-refractivity contribution in [3.8, 4) is 0 Å². The van der Waals surface area contributed by atoms with Crippen LogP contribution in [0, 0.1) is 0 Å². The Morgan fingerprint density at radius 1 is 0.895 bits per heavy atom. The molecule has 2 fully saturated rings. The molecule has 3 N–H and O–H groups in total. The average Bonchev–Trinajstić information content (AvgIpc) is 3.36. The van der Waals surface area contributed by atoms with Crippen molar-refractivity contribution in [2.45, 2.75) is 55.5 Å². The number of rotatable bonds is 9. The maximum Gasteiger partial charge on any atom is 0.240 e. The van der Waals surface area contributed by atoms with Crippen LogP contribution >= 0.6 is 0 Å². The molecular formula is C29H34N2O6S. The van der Waals surface area contributed by atoms with Crippen molar-refractivity contribution in [3.05, 3.63) is 101 Å². The van der Waals surface area contributed by atoms with Crippen LogP contribution in [-0.4, -0.2) is 55.4 Å². The van der Waals surface area contributed by atoms with E-state index >= 15 is 0 Å². The molecule has 0 unspecified atom stereocenters. The number of sulfonamides is 1. The van der Waals surface area contributed by atoms with E-state index in [-0.39, 0.29) is 36.4 Å². The molecule has 2 saturated heterocycles. The van der Waals surface area contributed by atoms with Gasteiger partial charge in [0.05, 0.1) is 29.8 Å². The Labute approximate surface area is 223 Å². The van der Waals surface area contributed by atoms with Gasteiger partial charge >= 0.3 is 0 Å². The summed E-state index contributed by atoms with van der Waals surface area (Å²) in [6, 6.07) is 23.6. The Kier molecular flexibility index (Phi) is 8.54. The molecule has 0 aliphatic carbocycles. The molecule has 2 heterocycles. The molecule has 0 radical (unpaired) electrons. The van der Waals surface area contributed by atoms with E-state index in [4.69, 9.17) is 9.47 Å². The lowest BCUT2D eigenvalue weighted by Crippen LogP contribution is -2.38. The first kappa shape index (κ1) is 27.0. The van der Waals surface area contributed by atoms with Crippen LogP contribution in [0.5, 0.6) is 0 Å². The lowest BCUT2D eigenvalue weighted by molar-refractivity contribution is -0.252. The third-order valence-corrected chi connectivity index (χ3v) is 8.51. The summed E-state index contributed by atoms with van der Waals surface area (Å²) in [5, 5.41) is 19.4. The topological polar surface area (TPSA) is 108 Å². The molecule has 2 aliphatic rings. The Bertz CT molecular complexity index is 1280. The Balaban J connectivity index is 1.28. The number of ether oxygens (including phenoxy) is 2. The maximum atomic E-state index is 12.5. The van der Waals surface area contributed by atoms with E-state index in [9.17, 15) is 18.6 Å². The quantitative estimate of drug-likeness (QED) is 0.384. The molecule has 5 rings (SSSR count). The number of aliphatic hydroxyl groups excluding tert-OH is 2. The predicted molar refractivity (Wildman–Crippen MR) is 142 cm³/mol. The van der Waals surface area contributed by atoms with Crippen molar-refractivity contribution in [1.29, 1.82) is 0 Å². The van der Waals surface area contributed by atoms with E-state index in [0.717, 1.165) is 35.2 Å². The normalized spacial score (nSPS) is 24.5. The summed E-state index contributed by atoms with van der Waals surface area (Å²) in [5.74, 6) is 0. The fraction of sp³-hybridized carbons (Fsp3) is 0.379. The van der Waals surface area contributed by atoms with E-state index < -0.39 is 16.3 Å². The van der Waals surface area contributed by atoms with Gasteiger partial charge in [0.1, 0.15) is 0 Å². The highest BCUT2D eigenvalue weighted by Crippen LogP contribution is 2.38. The van der Waals surface area contributed by atoms with Crippen LogP contribution in [0.4, 0.5) is 0 Å². The molecule has 202 valence electrons. The highest BCUT2D eigenvalue weighted by Gasteiger charge is 2.34. The summed E-state index contributed by atoms with van der Waals surface area (Å²) in [6.45, 7) is 2.36. The standard InChI is InChI=1S/C29H34N2O6S/c32-20-22-8-10-23(11-9-22)28-16-26(19-31-15-14-25(33)18-31)36-29(37-28)24-12-6-21(7-13-24)17-30-38(34,35)27-4-2-1-3-5-27/h1-13,25-26,28-30,32-33H,14-20H2/t25-,26-,28+,29+/m0/s1. The number of aliphatic hydroxyl groups is 2. The van der Waals surface area contributed by atoms with Crippen LogP contribution in [0.2, 0.25) is 0 Å². The SMILES string of the molecule is O=S(=O)(NCc1ccc([C@@H]2O[C@H](CN3CC[C@H](O)C3)C[C@H](c3ccc(CO)cc3)O2)cc1)c1ccccc1. The van der Waals surface area contributed by atoms with Gasteiger partial charge in [0.25, 0.3) is 0 Å². The zero-order valence-electron chi connectivity index (χ0n) is 21.1. The third-order valence-electron chi connectivity index (χ3n) is 7.10. The Hall–Kier alpha value is -2.63. The van der Waals surface area contributed by atoms with Crippen LogP contribution in [0.15, 0.2) is 83.8 Å². The minimum Gasteiger partial charge on any atom is -0.392 e. The molecule has 0 spiro atoms. The molecule has 2 aliphatic heterocycles. The van der Waals surface area contributed by atoms with Gasteiger partial charge < -0.3 is 19.7 Å². The van der Waals surface area contributed by atoms with E-state index in [0.29, 0.717) is 19.5 Å². The van der Waals surface area contributed by atoms with Crippen molar-refractivity contribution < 1.29 is 28.1 Å². The molecule has 9 heteroatoms. The summed E-state index contributed by atoms with van der Waals surface area (Å²) >= 11 is 0. The smallest absolute Gasteiger partial charge is 0.240 e. The van der Waals surface area contributed by atoms with Gasteiger partial charge in [0.2, 0.25) is 10.0 Å². The summed E-state index contributed by atoms with van der Waals surface area (Å²) in [4.78, 5) is 2.46. The van der Waals surface area contributed by atoms with Crippen molar-refractivity contribution in [1.82, 2.24) is 9.62 Å². The molecule has 4 atom stereocenters. The molecule has 3 aromatic carbocycles.